The monoisotopic (exact) mass is 1210 g/mol. The van der Waals surface area contributed by atoms with Crippen LogP contribution in [-0.2, 0) is 14.3 Å². The highest BCUT2D eigenvalue weighted by Gasteiger charge is 2.18. The van der Waals surface area contributed by atoms with E-state index in [1.54, 1.807) is 6.08 Å². The normalized spacial score (nSPS) is 12.7. The van der Waals surface area contributed by atoms with Gasteiger partial charge in [0.05, 0.1) is 25.4 Å². The topological polar surface area (TPSA) is 95.9 Å². The Labute approximate surface area is 538 Å². The minimum absolute atomic E-state index is 0.00887. The van der Waals surface area contributed by atoms with Gasteiger partial charge in [-0.3, -0.25) is 9.59 Å². The van der Waals surface area contributed by atoms with Gasteiger partial charge in [0.15, 0.2) is 0 Å². The number of aliphatic hydroxyl groups is 2. The second kappa shape index (κ2) is 75.5. The predicted octanol–water partition coefficient (Wildman–Crippen LogP) is 25.8. The number of ether oxygens (including phenoxy) is 1. The van der Waals surface area contributed by atoms with E-state index < -0.39 is 12.1 Å². The summed E-state index contributed by atoms with van der Waals surface area (Å²) >= 11 is 0. The molecule has 0 aliphatic carbocycles. The lowest BCUT2D eigenvalue weighted by Gasteiger charge is -2.20. The first-order valence-electron chi connectivity index (χ1n) is 39.3. The summed E-state index contributed by atoms with van der Waals surface area (Å²) in [6, 6.07) is -0.624. The van der Waals surface area contributed by atoms with Crippen LogP contribution in [0.5, 0.6) is 0 Å². The molecule has 6 nitrogen and oxygen atoms in total. The highest BCUT2D eigenvalue weighted by molar-refractivity contribution is 5.76. The van der Waals surface area contributed by atoms with E-state index in [9.17, 15) is 19.8 Å². The molecule has 0 aromatic carbocycles. The molecular formula is C80H153NO5. The molecule has 1 amide bonds. The highest BCUT2D eigenvalue weighted by Crippen LogP contribution is 2.20. The Hall–Kier alpha value is -1.92. The molecule has 2 atom stereocenters. The van der Waals surface area contributed by atoms with Crippen LogP contribution in [0.25, 0.3) is 0 Å². The lowest BCUT2D eigenvalue weighted by atomic mass is 10.0. The van der Waals surface area contributed by atoms with Gasteiger partial charge in [-0.05, 0) is 64.2 Å². The molecule has 0 radical (unpaired) electrons. The van der Waals surface area contributed by atoms with Crippen LogP contribution in [0.15, 0.2) is 36.5 Å². The van der Waals surface area contributed by atoms with E-state index in [0.29, 0.717) is 19.4 Å². The number of carbonyl (C=O) groups excluding carboxylic acids is 2. The van der Waals surface area contributed by atoms with Crippen molar-refractivity contribution in [2.45, 2.75) is 450 Å². The summed E-state index contributed by atoms with van der Waals surface area (Å²) in [4.78, 5) is 24.6. The molecule has 0 aliphatic heterocycles. The molecule has 0 aliphatic rings. The average molecular weight is 1210 g/mol. The summed E-state index contributed by atoms with van der Waals surface area (Å²) < 4.78 is 5.49. The van der Waals surface area contributed by atoms with Crippen molar-refractivity contribution in [3.8, 4) is 0 Å². The number of nitrogens with one attached hydrogen (secondary N) is 1. The van der Waals surface area contributed by atoms with Crippen LogP contribution in [0, 0.1) is 0 Å². The van der Waals surface area contributed by atoms with Gasteiger partial charge < -0.3 is 20.3 Å². The van der Waals surface area contributed by atoms with Crippen LogP contribution in [0.3, 0.4) is 0 Å². The standard InChI is InChI=1S/C80H153NO5/c1-3-5-7-9-11-13-15-17-19-20-38-41-45-48-52-56-60-64-68-72-78(83)77(76-82)81-79(84)73-69-65-61-57-53-49-46-42-39-36-34-32-30-28-26-24-22-21-23-25-27-29-31-33-35-37-40-43-47-51-55-59-63-67-71-75-86-80(85)74-70-66-62-58-54-50-44-18-16-14-12-10-8-6-4-2/h12,14,18,44,68,72,77-78,82-83H,3-11,13,15-17,19-43,45-67,69-71,73-76H2,1-2H3,(H,81,84)/b14-12-,44-18-,72-68+. The van der Waals surface area contributed by atoms with E-state index in [0.717, 1.165) is 51.4 Å². The van der Waals surface area contributed by atoms with E-state index in [4.69, 9.17) is 4.74 Å². The Morgan fingerprint density at radius 2 is 0.581 bits per heavy atom. The molecule has 2 unspecified atom stereocenters. The Balaban J connectivity index is 3.33. The second-order valence-electron chi connectivity index (χ2n) is 27.0. The Kier molecular flexibility index (Phi) is 73.9. The van der Waals surface area contributed by atoms with Crippen molar-refractivity contribution in [3.63, 3.8) is 0 Å². The van der Waals surface area contributed by atoms with Crippen molar-refractivity contribution in [1.29, 1.82) is 0 Å². The van der Waals surface area contributed by atoms with Gasteiger partial charge in [-0.15, -0.1) is 0 Å². The third-order valence-corrected chi connectivity index (χ3v) is 18.4. The maximum atomic E-state index is 12.5. The molecule has 0 bridgehead atoms. The fraction of sp³-hybridized carbons (Fsp3) is 0.900. The van der Waals surface area contributed by atoms with Crippen LogP contribution in [0.1, 0.15) is 438 Å². The minimum atomic E-state index is -0.841. The van der Waals surface area contributed by atoms with Gasteiger partial charge >= 0.3 is 5.97 Å². The molecule has 6 heteroatoms. The van der Waals surface area contributed by atoms with Crippen molar-refractivity contribution >= 4 is 11.9 Å². The summed E-state index contributed by atoms with van der Waals surface area (Å²) in [5.41, 5.74) is 0. The van der Waals surface area contributed by atoms with Crippen molar-refractivity contribution < 1.29 is 24.5 Å². The summed E-state index contributed by atoms with van der Waals surface area (Å²) in [7, 11) is 0. The summed E-state index contributed by atoms with van der Waals surface area (Å²) in [6.07, 6.45) is 98.4. The lowest BCUT2D eigenvalue weighted by molar-refractivity contribution is -0.143. The zero-order valence-corrected chi connectivity index (χ0v) is 58.3. The third kappa shape index (κ3) is 71.2. The summed E-state index contributed by atoms with van der Waals surface area (Å²) in [5, 5.41) is 23.3. The second-order valence-corrected chi connectivity index (χ2v) is 27.0. The van der Waals surface area contributed by atoms with Crippen molar-refractivity contribution in [1.82, 2.24) is 5.32 Å². The van der Waals surface area contributed by atoms with Gasteiger partial charge in [0.1, 0.15) is 0 Å². The van der Waals surface area contributed by atoms with Gasteiger partial charge in [0, 0.05) is 12.8 Å². The first-order valence-corrected chi connectivity index (χ1v) is 39.3. The average Bonchev–Trinajstić information content (AvgIpc) is 3.55. The van der Waals surface area contributed by atoms with Gasteiger partial charge in [-0.2, -0.15) is 0 Å². The SMILES string of the molecule is CCCCC/C=C\C/C=C\CCCCCCCC(=O)OCCCCCCCCCCCCCCCCCCCCCCCCCCCCCCCCCCCCCC(=O)NC(CO)C(O)/C=C/CCCCCCCCCCCCCCCCCCC. The summed E-state index contributed by atoms with van der Waals surface area (Å²) in [5.74, 6) is -0.0498. The number of rotatable bonds is 74. The van der Waals surface area contributed by atoms with Crippen molar-refractivity contribution in [2.75, 3.05) is 13.2 Å². The predicted molar refractivity (Wildman–Crippen MR) is 379 cm³/mol. The zero-order chi connectivity index (χ0) is 62.0. The van der Waals surface area contributed by atoms with E-state index >= 15 is 0 Å². The van der Waals surface area contributed by atoms with E-state index in [-0.39, 0.29) is 18.5 Å². The van der Waals surface area contributed by atoms with E-state index in [1.807, 2.05) is 6.08 Å². The number of esters is 1. The first-order chi connectivity index (χ1) is 42.5. The Morgan fingerprint density at radius 1 is 0.326 bits per heavy atom. The van der Waals surface area contributed by atoms with Crippen molar-refractivity contribution in [3.05, 3.63) is 36.5 Å². The molecule has 0 saturated heterocycles. The number of amides is 1. The Bertz CT molecular complexity index is 1390. The first kappa shape index (κ1) is 84.1. The number of hydrogen-bond donors (Lipinski definition) is 3. The fourth-order valence-corrected chi connectivity index (χ4v) is 12.4. The zero-order valence-electron chi connectivity index (χ0n) is 58.3. The summed E-state index contributed by atoms with van der Waals surface area (Å²) in [6.45, 7) is 4.92. The van der Waals surface area contributed by atoms with Crippen LogP contribution in [0.4, 0.5) is 0 Å². The molecule has 3 N–H and O–H groups in total. The molecule has 86 heavy (non-hydrogen) atoms. The van der Waals surface area contributed by atoms with Gasteiger partial charge in [-0.25, -0.2) is 0 Å². The lowest BCUT2D eigenvalue weighted by Crippen LogP contribution is -2.45. The molecule has 0 spiro atoms. The number of allylic oxidation sites excluding steroid dienone is 5. The largest absolute Gasteiger partial charge is 0.466 e. The number of carbonyl (C=O) groups is 2. The van der Waals surface area contributed by atoms with Crippen LogP contribution in [0.2, 0.25) is 0 Å². The van der Waals surface area contributed by atoms with Crippen molar-refractivity contribution in [2.24, 2.45) is 0 Å². The maximum absolute atomic E-state index is 12.5. The van der Waals surface area contributed by atoms with Crippen LogP contribution >= 0.6 is 0 Å². The quantitative estimate of drug-likeness (QED) is 0.0320. The molecule has 0 aromatic rings. The van der Waals surface area contributed by atoms with Gasteiger partial charge in [-0.1, -0.05) is 397 Å². The smallest absolute Gasteiger partial charge is 0.305 e. The molecule has 0 fully saturated rings. The third-order valence-electron chi connectivity index (χ3n) is 18.4. The maximum Gasteiger partial charge on any atom is 0.305 e. The molecule has 508 valence electrons. The van der Waals surface area contributed by atoms with Crippen LogP contribution in [-0.4, -0.2) is 47.4 Å². The van der Waals surface area contributed by atoms with Gasteiger partial charge in [0.25, 0.3) is 0 Å². The van der Waals surface area contributed by atoms with E-state index in [1.165, 1.54) is 360 Å². The molecule has 0 saturated carbocycles. The minimum Gasteiger partial charge on any atom is -0.466 e. The molecule has 0 rings (SSSR count). The van der Waals surface area contributed by atoms with Crippen LogP contribution < -0.4 is 5.32 Å². The van der Waals surface area contributed by atoms with E-state index in [2.05, 4.69) is 43.5 Å². The molecule has 0 aromatic heterocycles. The Morgan fingerprint density at radius 3 is 0.907 bits per heavy atom. The number of unbranched alkanes of at least 4 members (excludes halogenated alkanes) is 59. The van der Waals surface area contributed by atoms with Gasteiger partial charge in [0.2, 0.25) is 5.91 Å². The number of hydrogen-bond acceptors (Lipinski definition) is 5. The molecular weight excluding hydrogens is 1050 g/mol. The molecule has 0 heterocycles. The highest BCUT2D eigenvalue weighted by atomic mass is 16.5. The number of aliphatic hydroxyl groups excluding tert-OH is 2. The fourth-order valence-electron chi connectivity index (χ4n) is 12.4.